The predicted molar refractivity (Wildman–Crippen MR) is 84.3 cm³/mol. The fourth-order valence-corrected chi connectivity index (χ4v) is 3.59. The summed E-state index contributed by atoms with van der Waals surface area (Å²) in [5.41, 5.74) is 0.966. The molecule has 2 saturated heterocycles. The lowest BCUT2D eigenvalue weighted by Crippen LogP contribution is -2.37. The van der Waals surface area contributed by atoms with Crippen molar-refractivity contribution < 1.29 is 4.79 Å². The molecule has 2 aliphatic heterocycles. The number of likely N-dealkylation sites (tertiary alicyclic amines) is 1. The molecule has 114 valence electrons. The Morgan fingerprint density at radius 3 is 3.10 bits per heavy atom. The van der Waals surface area contributed by atoms with E-state index in [1.54, 1.807) is 0 Å². The van der Waals surface area contributed by atoms with Gasteiger partial charge in [0.1, 0.15) is 0 Å². The lowest BCUT2D eigenvalue weighted by molar-refractivity contribution is -0.121. The van der Waals surface area contributed by atoms with Crippen molar-refractivity contribution in [3.63, 3.8) is 0 Å². The second-order valence-corrected chi connectivity index (χ2v) is 6.34. The van der Waals surface area contributed by atoms with Crippen molar-refractivity contribution in [1.29, 1.82) is 0 Å². The first-order valence-electron chi connectivity index (χ1n) is 7.69. The Hall–Kier alpha value is -1.10. The maximum absolute atomic E-state index is 12.0. The highest BCUT2D eigenvalue weighted by atomic mass is 35.5. The predicted octanol–water partition coefficient (Wildman–Crippen LogP) is 1.64. The molecule has 2 aliphatic rings. The molecule has 1 aromatic rings. The molecular weight excluding hydrogens is 286 g/mol. The van der Waals surface area contributed by atoms with E-state index in [9.17, 15) is 4.79 Å². The molecule has 2 atom stereocenters. The van der Waals surface area contributed by atoms with Gasteiger partial charge in [0, 0.05) is 37.1 Å². The first kappa shape index (κ1) is 14.8. The van der Waals surface area contributed by atoms with Crippen LogP contribution in [0.4, 0.5) is 0 Å². The molecule has 0 aromatic heterocycles. The SMILES string of the molecule is O=C(CCN1CC[C@H]2CNC[C@H]21)NCc1ccccc1Cl. The molecule has 0 spiro atoms. The molecule has 3 rings (SSSR count). The third kappa shape index (κ3) is 3.57. The number of carbonyl (C=O) groups is 1. The maximum atomic E-state index is 12.0. The van der Waals surface area contributed by atoms with E-state index in [-0.39, 0.29) is 5.91 Å². The van der Waals surface area contributed by atoms with E-state index in [1.807, 2.05) is 24.3 Å². The monoisotopic (exact) mass is 307 g/mol. The van der Waals surface area contributed by atoms with Crippen LogP contribution in [-0.4, -0.2) is 43.0 Å². The molecule has 2 N–H and O–H groups in total. The quantitative estimate of drug-likeness (QED) is 0.869. The van der Waals surface area contributed by atoms with E-state index in [2.05, 4.69) is 15.5 Å². The number of nitrogens with one attached hydrogen (secondary N) is 2. The summed E-state index contributed by atoms with van der Waals surface area (Å²) in [4.78, 5) is 14.4. The van der Waals surface area contributed by atoms with E-state index in [0.717, 1.165) is 37.7 Å². The largest absolute Gasteiger partial charge is 0.352 e. The van der Waals surface area contributed by atoms with Crippen LogP contribution in [0.25, 0.3) is 0 Å². The summed E-state index contributed by atoms with van der Waals surface area (Å²) < 4.78 is 0. The molecule has 0 aliphatic carbocycles. The second-order valence-electron chi connectivity index (χ2n) is 5.93. The Labute approximate surface area is 130 Å². The van der Waals surface area contributed by atoms with Crippen LogP contribution in [0, 0.1) is 5.92 Å². The molecule has 21 heavy (non-hydrogen) atoms. The van der Waals surface area contributed by atoms with Gasteiger partial charge in [-0.2, -0.15) is 0 Å². The van der Waals surface area contributed by atoms with Crippen LogP contribution in [0.15, 0.2) is 24.3 Å². The minimum Gasteiger partial charge on any atom is -0.352 e. The molecule has 5 heteroatoms. The maximum Gasteiger partial charge on any atom is 0.221 e. The number of hydrogen-bond donors (Lipinski definition) is 2. The van der Waals surface area contributed by atoms with Gasteiger partial charge in [-0.05, 0) is 37.1 Å². The van der Waals surface area contributed by atoms with Gasteiger partial charge >= 0.3 is 0 Å². The highest BCUT2D eigenvalue weighted by molar-refractivity contribution is 6.31. The van der Waals surface area contributed by atoms with Gasteiger partial charge in [-0.25, -0.2) is 0 Å². The standard InChI is InChI=1S/C16H22ClN3O/c17-14-4-2-1-3-12(14)10-19-16(21)6-8-20-7-5-13-9-18-11-15(13)20/h1-4,13,15,18H,5-11H2,(H,19,21)/t13-,15+/m0/s1. The van der Waals surface area contributed by atoms with Gasteiger partial charge in [0.25, 0.3) is 0 Å². The molecule has 1 amide bonds. The third-order valence-electron chi connectivity index (χ3n) is 4.62. The molecule has 0 bridgehead atoms. The number of hydrogen-bond acceptors (Lipinski definition) is 3. The summed E-state index contributed by atoms with van der Waals surface area (Å²) in [6, 6.07) is 8.26. The van der Waals surface area contributed by atoms with Crippen LogP contribution in [0.5, 0.6) is 0 Å². The topological polar surface area (TPSA) is 44.4 Å². The van der Waals surface area contributed by atoms with E-state index in [1.165, 1.54) is 6.42 Å². The summed E-state index contributed by atoms with van der Waals surface area (Å²) in [6.45, 7) is 4.71. The zero-order valence-electron chi connectivity index (χ0n) is 12.1. The van der Waals surface area contributed by atoms with Crippen molar-refractivity contribution in [2.24, 2.45) is 5.92 Å². The number of nitrogens with zero attached hydrogens (tertiary/aromatic N) is 1. The fourth-order valence-electron chi connectivity index (χ4n) is 3.39. The zero-order valence-corrected chi connectivity index (χ0v) is 12.9. The summed E-state index contributed by atoms with van der Waals surface area (Å²) in [6.07, 6.45) is 1.83. The van der Waals surface area contributed by atoms with Gasteiger partial charge in [0.05, 0.1) is 0 Å². The first-order chi connectivity index (χ1) is 10.2. The second kappa shape index (κ2) is 6.77. The molecule has 2 fully saturated rings. The Morgan fingerprint density at radius 1 is 1.38 bits per heavy atom. The number of halogens is 1. The van der Waals surface area contributed by atoms with Crippen molar-refractivity contribution in [3.05, 3.63) is 34.9 Å². The van der Waals surface area contributed by atoms with Crippen LogP contribution in [0.3, 0.4) is 0 Å². The average Bonchev–Trinajstić information content (AvgIpc) is 3.08. The smallest absolute Gasteiger partial charge is 0.221 e. The van der Waals surface area contributed by atoms with Gasteiger partial charge in [-0.1, -0.05) is 29.8 Å². The number of fused-ring (bicyclic) bond motifs is 1. The van der Waals surface area contributed by atoms with Gasteiger partial charge in [0.15, 0.2) is 0 Å². The van der Waals surface area contributed by atoms with Gasteiger partial charge in [-0.15, -0.1) is 0 Å². The van der Waals surface area contributed by atoms with Gasteiger partial charge in [0.2, 0.25) is 5.91 Å². The summed E-state index contributed by atoms with van der Waals surface area (Å²) >= 11 is 6.08. The molecule has 0 unspecified atom stereocenters. The van der Waals surface area contributed by atoms with Crippen LogP contribution >= 0.6 is 11.6 Å². The minimum absolute atomic E-state index is 0.101. The van der Waals surface area contributed by atoms with Gasteiger partial charge in [-0.3, -0.25) is 9.69 Å². The van der Waals surface area contributed by atoms with Crippen LogP contribution in [0.2, 0.25) is 5.02 Å². The zero-order chi connectivity index (χ0) is 14.7. The molecule has 1 aromatic carbocycles. The van der Waals surface area contributed by atoms with Crippen molar-refractivity contribution in [1.82, 2.24) is 15.5 Å². The molecular formula is C16H22ClN3O. The fraction of sp³-hybridized carbons (Fsp3) is 0.562. The third-order valence-corrected chi connectivity index (χ3v) is 4.99. The van der Waals surface area contributed by atoms with Crippen molar-refractivity contribution >= 4 is 17.5 Å². The lowest BCUT2D eigenvalue weighted by Gasteiger charge is -2.22. The first-order valence-corrected chi connectivity index (χ1v) is 8.06. The van der Waals surface area contributed by atoms with E-state index < -0.39 is 0 Å². The van der Waals surface area contributed by atoms with Gasteiger partial charge < -0.3 is 10.6 Å². The summed E-state index contributed by atoms with van der Waals surface area (Å²) in [7, 11) is 0. The van der Waals surface area contributed by atoms with Crippen molar-refractivity contribution in [2.45, 2.75) is 25.4 Å². The highest BCUT2D eigenvalue weighted by Gasteiger charge is 2.37. The number of rotatable bonds is 5. The normalized spacial score (nSPS) is 25.0. The van der Waals surface area contributed by atoms with Crippen LogP contribution in [-0.2, 0) is 11.3 Å². The summed E-state index contributed by atoms with van der Waals surface area (Å²) in [5, 5.41) is 7.10. The number of carbonyl (C=O) groups excluding carboxylic acids is 1. The Balaban J connectivity index is 1.42. The lowest BCUT2D eigenvalue weighted by atomic mass is 10.1. The Kier molecular flexibility index (Phi) is 4.78. The molecule has 0 saturated carbocycles. The van der Waals surface area contributed by atoms with E-state index in [4.69, 9.17) is 11.6 Å². The Bertz CT molecular complexity index is 508. The number of benzene rings is 1. The summed E-state index contributed by atoms with van der Waals surface area (Å²) in [5.74, 6) is 0.889. The van der Waals surface area contributed by atoms with Crippen molar-refractivity contribution in [2.75, 3.05) is 26.2 Å². The Morgan fingerprint density at radius 2 is 2.24 bits per heavy atom. The van der Waals surface area contributed by atoms with E-state index >= 15 is 0 Å². The van der Waals surface area contributed by atoms with E-state index in [0.29, 0.717) is 24.0 Å². The molecule has 2 heterocycles. The molecule has 0 radical (unpaired) electrons. The number of amides is 1. The highest BCUT2D eigenvalue weighted by Crippen LogP contribution is 2.26. The van der Waals surface area contributed by atoms with Crippen molar-refractivity contribution in [3.8, 4) is 0 Å². The minimum atomic E-state index is 0.101. The average molecular weight is 308 g/mol. The molecule has 4 nitrogen and oxygen atoms in total. The van der Waals surface area contributed by atoms with Crippen LogP contribution < -0.4 is 10.6 Å². The van der Waals surface area contributed by atoms with Crippen LogP contribution in [0.1, 0.15) is 18.4 Å².